The highest BCUT2D eigenvalue weighted by molar-refractivity contribution is 5.93. The molecule has 2 atom stereocenters. The van der Waals surface area contributed by atoms with Crippen molar-refractivity contribution in [3.63, 3.8) is 0 Å². The maximum atomic E-state index is 12.8. The minimum absolute atomic E-state index is 0.153. The normalized spacial score (nSPS) is 24.0. The molecule has 0 spiro atoms. The van der Waals surface area contributed by atoms with Crippen molar-refractivity contribution in [2.45, 2.75) is 43.7 Å². The van der Waals surface area contributed by atoms with E-state index < -0.39 is 5.60 Å². The Balaban J connectivity index is 1.45. The number of aromatic nitrogens is 1. The van der Waals surface area contributed by atoms with Gasteiger partial charge < -0.3 is 25.0 Å². The van der Waals surface area contributed by atoms with E-state index >= 15 is 0 Å². The second kappa shape index (κ2) is 7.60. The molecule has 1 aliphatic carbocycles. The van der Waals surface area contributed by atoms with E-state index in [1.165, 1.54) is 12.8 Å². The fourth-order valence-corrected chi connectivity index (χ4v) is 4.54. The van der Waals surface area contributed by atoms with Crippen LogP contribution >= 0.6 is 0 Å². The highest BCUT2D eigenvalue weighted by Gasteiger charge is 2.37. The van der Waals surface area contributed by atoms with Crippen molar-refractivity contribution < 1.29 is 14.6 Å². The first-order valence-electron chi connectivity index (χ1n) is 10.1. The van der Waals surface area contributed by atoms with Crippen LogP contribution in [0.15, 0.2) is 30.3 Å². The zero-order valence-electron chi connectivity index (χ0n) is 16.6. The Morgan fingerprint density at radius 1 is 1.36 bits per heavy atom. The topological polar surface area (TPSA) is 75.5 Å². The minimum atomic E-state index is -1.03. The Hall–Kier alpha value is -2.31. The number of carbonyl (C=O) groups excluding carboxylic acids is 1. The molecule has 6 heteroatoms. The van der Waals surface area contributed by atoms with Crippen molar-refractivity contribution >= 4 is 5.91 Å². The molecule has 4 rings (SSSR count). The summed E-state index contributed by atoms with van der Waals surface area (Å²) < 4.78 is 7.24. The summed E-state index contributed by atoms with van der Waals surface area (Å²) in [5, 5.41) is 17.6. The van der Waals surface area contributed by atoms with Crippen LogP contribution in [0.1, 0.15) is 59.0 Å². The van der Waals surface area contributed by atoms with E-state index in [0.29, 0.717) is 18.2 Å². The first kappa shape index (κ1) is 19.0. The second-order valence-electron chi connectivity index (χ2n) is 7.94. The van der Waals surface area contributed by atoms with Gasteiger partial charge >= 0.3 is 0 Å². The highest BCUT2D eigenvalue weighted by Crippen LogP contribution is 2.38. The number of aryl methyl sites for hydroxylation is 1. The number of carbonyl (C=O) groups is 1. The summed E-state index contributed by atoms with van der Waals surface area (Å²) >= 11 is 0. The van der Waals surface area contributed by atoms with Gasteiger partial charge in [-0.25, -0.2) is 0 Å². The molecule has 2 unspecified atom stereocenters. The number of ether oxygens (including phenoxy) is 1. The SMILES string of the molecule is COc1ccc2c(c1)CCC2(O)CNC(=O)c1ccc(C2CCCCN2)n1C. The molecule has 1 aromatic heterocycles. The molecule has 2 heterocycles. The monoisotopic (exact) mass is 383 g/mol. The number of hydrogen-bond acceptors (Lipinski definition) is 4. The van der Waals surface area contributed by atoms with Crippen molar-refractivity contribution in [3.8, 4) is 5.75 Å². The van der Waals surface area contributed by atoms with Gasteiger partial charge in [-0.15, -0.1) is 0 Å². The summed E-state index contributed by atoms with van der Waals surface area (Å²) in [6.45, 7) is 1.22. The number of amides is 1. The Bertz CT molecular complexity index is 870. The van der Waals surface area contributed by atoms with E-state index in [1.54, 1.807) is 7.11 Å². The van der Waals surface area contributed by atoms with E-state index in [2.05, 4.69) is 10.6 Å². The molecule has 0 bridgehead atoms. The zero-order valence-corrected chi connectivity index (χ0v) is 16.6. The number of methoxy groups -OCH3 is 1. The summed E-state index contributed by atoms with van der Waals surface area (Å²) in [7, 11) is 3.58. The Morgan fingerprint density at radius 2 is 2.21 bits per heavy atom. The van der Waals surface area contributed by atoms with E-state index in [4.69, 9.17) is 4.74 Å². The molecule has 1 amide bonds. The molecular weight excluding hydrogens is 354 g/mol. The van der Waals surface area contributed by atoms with Gasteiger partial charge in [-0.3, -0.25) is 4.79 Å². The van der Waals surface area contributed by atoms with Crippen LogP contribution in [0.2, 0.25) is 0 Å². The minimum Gasteiger partial charge on any atom is -0.497 e. The van der Waals surface area contributed by atoms with Crippen LogP contribution in [-0.4, -0.2) is 35.8 Å². The average molecular weight is 383 g/mol. The van der Waals surface area contributed by atoms with Gasteiger partial charge in [0, 0.05) is 18.8 Å². The molecule has 28 heavy (non-hydrogen) atoms. The summed E-state index contributed by atoms with van der Waals surface area (Å²) in [6.07, 6.45) is 4.89. The molecule has 3 N–H and O–H groups in total. The molecule has 1 aromatic carbocycles. The molecule has 1 fully saturated rings. The van der Waals surface area contributed by atoms with Crippen molar-refractivity contribution in [1.29, 1.82) is 0 Å². The maximum Gasteiger partial charge on any atom is 0.268 e. The molecule has 150 valence electrons. The third-order valence-corrected chi connectivity index (χ3v) is 6.22. The lowest BCUT2D eigenvalue weighted by molar-refractivity contribution is 0.0368. The van der Waals surface area contributed by atoms with Crippen LogP contribution in [0.5, 0.6) is 5.75 Å². The molecule has 2 aliphatic rings. The molecule has 0 saturated carbocycles. The van der Waals surface area contributed by atoms with Gasteiger partial charge in [-0.2, -0.15) is 0 Å². The second-order valence-corrected chi connectivity index (χ2v) is 7.94. The lowest BCUT2D eigenvalue weighted by Gasteiger charge is -2.25. The van der Waals surface area contributed by atoms with Gasteiger partial charge in [0.2, 0.25) is 0 Å². The number of nitrogens with one attached hydrogen (secondary N) is 2. The summed E-state index contributed by atoms with van der Waals surface area (Å²) in [6, 6.07) is 9.94. The summed E-state index contributed by atoms with van der Waals surface area (Å²) in [5.74, 6) is 0.639. The Kier molecular flexibility index (Phi) is 5.17. The van der Waals surface area contributed by atoms with Crippen LogP contribution in [0.3, 0.4) is 0 Å². The maximum absolute atomic E-state index is 12.8. The van der Waals surface area contributed by atoms with E-state index in [-0.39, 0.29) is 12.5 Å². The van der Waals surface area contributed by atoms with Gasteiger partial charge in [0.15, 0.2) is 0 Å². The zero-order chi connectivity index (χ0) is 19.7. The molecule has 2 aromatic rings. The number of nitrogens with zero attached hydrogens (tertiary/aromatic N) is 1. The first-order chi connectivity index (χ1) is 13.5. The summed E-state index contributed by atoms with van der Waals surface area (Å²) in [4.78, 5) is 12.8. The molecule has 6 nitrogen and oxygen atoms in total. The van der Waals surface area contributed by atoms with Crippen molar-refractivity contribution in [2.24, 2.45) is 7.05 Å². The lowest BCUT2D eigenvalue weighted by Crippen LogP contribution is -2.40. The van der Waals surface area contributed by atoms with Crippen LogP contribution in [0.4, 0.5) is 0 Å². The fourth-order valence-electron chi connectivity index (χ4n) is 4.54. The third kappa shape index (κ3) is 3.42. The standard InChI is InChI=1S/C22H29N3O3/c1-25-19(18-5-3-4-12-23-18)8-9-20(25)21(26)24-14-22(27)11-10-15-13-16(28-2)6-7-17(15)22/h6-9,13,18,23,27H,3-5,10-12,14H2,1-2H3,(H,24,26). The van der Waals surface area contributed by atoms with Gasteiger partial charge in [-0.1, -0.05) is 12.5 Å². The quantitative estimate of drug-likeness (QED) is 0.741. The predicted molar refractivity (Wildman–Crippen MR) is 108 cm³/mol. The van der Waals surface area contributed by atoms with Crippen LogP contribution < -0.4 is 15.4 Å². The molecule has 1 saturated heterocycles. The fraction of sp³-hybridized carbons (Fsp3) is 0.500. The van der Waals surface area contributed by atoms with Crippen molar-refractivity contribution in [3.05, 3.63) is 52.8 Å². The first-order valence-corrected chi connectivity index (χ1v) is 10.1. The molecule has 0 radical (unpaired) electrons. The van der Waals surface area contributed by atoms with E-state index in [0.717, 1.165) is 42.0 Å². The van der Waals surface area contributed by atoms with Crippen LogP contribution in [0.25, 0.3) is 0 Å². The molecule has 1 aliphatic heterocycles. The predicted octanol–water partition coefficient (Wildman–Crippen LogP) is 2.41. The van der Waals surface area contributed by atoms with Crippen LogP contribution in [0, 0.1) is 0 Å². The van der Waals surface area contributed by atoms with E-state index in [9.17, 15) is 9.90 Å². The van der Waals surface area contributed by atoms with Gasteiger partial charge in [0.05, 0.1) is 13.7 Å². The van der Waals surface area contributed by atoms with Gasteiger partial charge in [0.25, 0.3) is 5.91 Å². The highest BCUT2D eigenvalue weighted by atomic mass is 16.5. The van der Waals surface area contributed by atoms with E-state index in [1.807, 2.05) is 41.9 Å². The number of piperidine rings is 1. The molecular formula is C22H29N3O3. The number of rotatable bonds is 5. The number of hydrogen-bond donors (Lipinski definition) is 3. The van der Waals surface area contributed by atoms with Crippen molar-refractivity contribution in [2.75, 3.05) is 20.2 Å². The average Bonchev–Trinajstić information content (AvgIpc) is 3.27. The van der Waals surface area contributed by atoms with Crippen molar-refractivity contribution in [1.82, 2.24) is 15.2 Å². The Labute approximate surface area is 165 Å². The summed E-state index contributed by atoms with van der Waals surface area (Å²) in [5.41, 5.74) is 2.70. The number of benzene rings is 1. The van der Waals surface area contributed by atoms with Crippen LogP contribution in [-0.2, 0) is 19.1 Å². The largest absolute Gasteiger partial charge is 0.497 e. The number of aliphatic hydroxyl groups is 1. The van der Waals surface area contributed by atoms with Gasteiger partial charge in [0.1, 0.15) is 17.0 Å². The third-order valence-electron chi connectivity index (χ3n) is 6.22. The Morgan fingerprint density at radius 3 is 2.96 bits per heavy atom. The van der Waals surface area contributed by atoms with Gasteiger partial charge in [-0.05, 0) is 67.6 Å². The lowest BCUT2D eigenvalue weighted by atomic mass is 9.96. The smallest absolute Gasteiger partial charge is 0.268 e. The number of fused-ring (bicyclic) bond motifs is 1.